The summed E-state index contributed by atoms with van der Waals surface area (Å²) >= 11 is 5.58. The van der Waals surface area contributed by atoms with E-state index in [-0.39, 0.29) is 16.5 Å². The number of pyridine rings is 1. The number of halogens is 1. The zero-order valence-corrected chi connectivity index (χ0v) is 7.22. The molecule has 4 nitrogen and oxygen atoms in total. The smallest absolute Gasteiger partial charge is 0.252 e. The first kappa shape index (κ1) is 8.80. The van der Waals surface area contributed by atoms with Crippen molar-refractivity contribution in [3.05, 3.63) is 22.3 Å². The topological polar surface area (TPSA) is 82.0 Å². The van der Waals surface area contributed by atoms with Crippen molar-refractivity contribution in [1.82, 2.24) is 4.98 Å². The summed E-state index contributed by atoms with van der Waals surface area (Å²) in [6.07, 6.45) is 0. The van der Waals surface area contributed by atoms with Gasteiger partial charge in [-0.2, -0.15) is 0 Å². The molecule has 0 aliphatic heterocycles. The number of anilines is 1. The SMILES string of the molecule is Cc1cc(Cl)nc(N)c1C(N)=O. The van der Waals surface area contributed by atoms with Crippen LogP contribution in [0.3, 0.4) is 0 Å². The van der Waals surface area contributed by atoms with E-state index in [0.717, 1.165) is 0 Å². The highest BCUT2D eigenvalue weighted by Crippen LogP contribution is 2.17. The number of nitrogens with zero attached hydrogens (tertiary/aromatic N) is 1. The van der Waals surface area contributed by atoms with Gasteiger partial charge in [-0.15, -0.1) is 0 Å². The Labute approximate surface area is 74.5 Å². The van der Waals surface area contributed by atoms with E-state index in [2.05, 4.69) is 4.98 Å². The largest absolute Gasteiger partial charge is 0.383 e. The van der Waals surface area contributed by atoms with Gasteiger partial charge in [0, 0.05) is 0 Å². The highest BCUT2D eigenvalue weighted by Gasteiger charge is 2.11. The maximum atomic E-state index is 10.8. The molecule has 1 aromatic rings. The van der Waals surface area contributed by atoms with Crippen molar-refractivity contribution in [2.45, 2.75) is 6.92 Å². The average molecular weight is 186 g/mol. The Morgan fingerprint density at radius 3 is 2.67 bits per heavy atom. The van der Waals surface area contributed by atoms with Crippen LogP contribution in [0.2, 0.25) is 5.15 Å². The molecule has 0 saturated carbocycles. The maximum absolute atomic E-state index is 10.8. The van der Waals surface area contributed by atoms with Crippen molar-refractivity contribution in [1.29, 1.82) is 0 Å². The van der Waals surface area contributed by atoms with Crippen molar-refractivity contribution >= 4 is 23.3 Å². The number of carbonyl (C=O) groups is 1. The first-order valence-electron chi connectivity index (χ1n) is 3.25. The molecule has 0 saturated heterocycles. The summed E-state index contributed by atoms with van der Waals surface area (Å²) in [5, 5.41) is 0.259. The molecule has 5 heteroatoms. The third-order valence-corrected chi connectivity index (χ3v) is 1.65. The van der Waals surface area contributed by atoms with Gasteiger partial charge < -0.3 is 11.5 Å². The Balaban J connectivity index is 3.38. The summed E-state index contributed by atoms with van der Waals surface area (Å²) in [7, 11) is 0. The van der Waals surface area contributed by atoms with Gasteiger partial charge >= 0.3 is 0 Å². The van der Waals surface area contributed by atoms with Gasteiger partial charge in [-0.05, 0) is 18.6 Å². The van der Waals surface area contributed by atoms with Crippen LogP contribution in [0, 0.1) is 6.92 Å². The van der Waals surface area contributed by atoms with E-state index in [0.29, 0.717) is 5.56 Å². The number of aryl methyl sites for hydroxylation is 1. The summed E-state index contributed by atoms with van der Waals surface area (Å²) in [5.41, 5.74) is 11.4. The molecule has 0 aromatic carbocycles. The van der Waals surface area contributed by atoms with Gasteiger partial charge in [0.15, 0.2) is 0 Å². The minimum absolute atomic E-state index is 0.0764. The molecule has 0 fully saturated rings. The van der Waals surface area contributed by atoms with Crippen LogP contribution < -0.4 is 11.5 Å². The van der Waals surface area contributed by atoms with Gasteiger partial charge in [0.2, 0.25) is 0 Å². The highest BCUT2D eigenvalue weighted by molar-refractivity contribution is 6.29. The fourth-order valence-electron chi connectivity index (χ4n) is 0.977. The molecule has 0 unspecified atom stereocenters. The van der Waals surface area contributed by atoms with Crippen molar-refractivity contribution in [2.75, 3.05) is 5.73 Å². The van der Waals surface area contributed by atoms with E-state index in [1.165, 1.54) is 6.07 Å². The standard InChI is InChI=1S/C7H8ClN3O/c1-3-2-4(8)11-6(9)5(3)7(10)12/h2H,1H3,(H2,9,11)(H2,10,12). The number of aromatic nitrogens is 1. The van der Waals surface area contributed by atoms with Crippen LogP contribution in [-0.2, 0) is 0 Å². The van der Waals surface area contributed by atoms with E-state index in [1.807, 2.05) is 0 Å². The lowest BCUT2D eigenvalue weighted by molar-refractivity contribution is 0.100. The van der Waals surface area contributed by atoms with Crippen molar-refractivity contribution in [3.8, 4) is 0 Å². The summed E-state index contributed by atoms with van der Waals surface area (Å²) < 4.78 is 0. The molecule has 64 valence electrons. The van der Waals surface area contributed by atoms with Crippen LogP contribution in [0.25, 0.3) is 0 Å². The molecule has 0 aliphatic rings. The first-order valence-corrected chi connectivity index (χ1v) is 3.62. The van der Waals surface area contributed by atoms with Gasteiger partial charge in [-0.1, -0.05) is 11.6 Å². The molecule has 12 heavy (non-hydrogen) atoms. The molecule has 1 aromatic heterocycles. The van der Waals surface area contributed by atoms with E-state index in [4.69, 9.17) is 23.1 Å². The average Bonchev–Trinajstić information content (AvgIpc) is 1.82. The van der Waals surface area contributed by atoms with E-state index < -0.39 is 5.91 Å². The summed E-state index contributed by atoms with van der Waals surface area (Å²) in [4.78, 5) is 14.5. The molecule has 0 radical (unpaired) electrons. The molecule has 0 atom stereocenters. The summed E-state index contributed by atoms with van der Waals surface area (Å²) in [6, 6.07) is 1.54. The Hall–Kier alpha value is -1.29. The Morgan fingerprint density at radius 2 is 2.25 bits per heavy atom. The Morgan fingerprint density at radius 1 is 1.67 bits per heavy atom. The lowest BCUT2D eigenvalue weighted by Crippen LogP contribution is -2.16. The minimum atomic E-state index is -0.589. The van der Waals surface area contributed by atoms with Gasteiger partial charge in [-0.3, -0.25) is 4.79 Å². The zero-order valence-electron chi connectivity index (χ0n) is 6.47. The maximum Gasteiger partial charge on any atom is 0.252 e. The van der Waals surface area contributed by atoms with Crippen LogP contribution in [0.1, 0.15) is 15.9 Å². The molecule has 1 amide bonds. The normalized spacial score (nSPS) is 9.83. The number of nitrogens with two attached hydrogens (primary N) is 2. The number of hydrogen-bond donors (Lipinski definition) is 2. The first-order chi connectivity index (χ1) is 5.52. The fraction of sp³-hybridized carbons (Fsp3) is 0.143. The molecule has 0 aliphatic carbocycles. The monoisotopic (exact) mass is 185 g/mol. The van der Waals surface area contributed by atoms with Gasteiger partial charge in [0.1, 0.15) is 11.0 Å². The molecule has 0 spiro atoms. The quantitative estimate of drug-likeness (QED) is 0.633. The van der Waals surface area contributed by atoms with Gasteiger partial charge in [-0.25, -0.2) is 4.98 Å². The molecule has 1 heterocycles. The number of nitrogen functional groups attached to an aromatic ring is 1. The number of amides is 1. The number of primary amides is 1. The van der Waals surface area contributed by atoms with Crippen LogP contribution >= 0.6 is 11.6 Å². The van der Waals surface area contributed by atoms with E-state index in [1.54, 1.807) is 6.92 Å². The van der Waals surface area contributed by atoms with Crippen molar-refractivity contribution in [3.63, 3.8) is 0 Å². The molecule has 4 N–H and O–H groups in total. The molecule has 1 rings (SSSR count). The van der Waals surface area contributed by atoms with E-state index >= 15 is 0 Å². The predicted molar refractivity (Wildman–Crippen MR) is 46.9 cm³/mol. The number of rotatable bonds is 1. The second-order valence-corrected chi connectivity index (χ2v) is 2.77. The van der Waals surface area contributed by atoms with Crippen molar-refractivity contribution in [2.24, 2.45) is 5.73 Å². The fourth-order valence-corrected chi connectivity index (χ4v) is 1.23. The van der Waals surface area contributed by atoms with Crippen LogP contribution in [0.15, 0.2) is 6.07 Å². The van der Waals surface area contributed by atoms with Gasteiger partial charge in [0.25, 0.3) is 5.91 Å². The second kappa shape index (κ2) is 2.98. The molecular weight excluding hydrogens is 178 g/mol. The molecule has 0 bridgehead atoms. The van der Waals surface area contributed by atoms with Crippen molar-refractivity contribution < 1.29 is 4.79 Å². The lowest BCUT2D eigenvalue weighted by Gasteiger charge is -2.04. The van der Waals surface area contributed by atoms with Gasteiger partial charge in [0.05, 0.1) is 5.56 Å². The Kier molecular flexibility index (Phi) is 2.19. The predicted octanol–water partition coefficient (Wildman–Crippen LogP) is 0.725. The van der Waals surface area contributed by atoms with Crippen LogP contribution in [-0.4, -0.2) is 10.9 Å². The summed E-state index contributed by atoms with van der Waals surface area (Å²) in [6.45, 7) is 1.70. The second-order valence-electron chi connectivity index (χ2n) is 2.39. The highest BCUT2D eigenvalue weighted by atomic mass is 35.5. The third kappa shape index (κ3) is 1.48. The minimum Gasteiger partial charge on any atom is -0.383 e. The summed E-state index contributed by atoms with van der Waals surface area (Å²) in [5.74, 6) is -0.512. The van der Waals surface area contributed by atoms with Crippen LogP contribution in [0.5, 0.6) is 0 Å². The Bertz CT molecular complexity index is 314. The number of hydrogen-bond acceptors (Lipinski definition) is 3. The molecular formula is C7H8ClN3O. The third-order valence-electron chi connectivity index (χ3n) is 1.46. The van der Waals surface area contributed by atoms with Crippen LogP contribution in [0.4, 0.5) is 5.82 Å². The number of carbonyl (C=O) groups excluding carboxylic acids is 1. The van der Waals surface area contributed by atoms with E-state index in [9.17, 15) is 4.79 Å². The lowest BCUT2D eigenvalue weighted by atomic mass is 10.1. The zero-order chi connectivity index (χ0) is 9.30.